The molecule has 3 rings (SSSR count). The number of halogens is 1. The van der Waals surface area contributed by atoms with E-state index in [2.05, 4.69) is 27.9 Å². The number of fused-ring (bicyclic) bond motifs is 1. The molecule has 1 heterocycles. The van der Waals surface area contributed by atoms with Crippen LogP contribution in [0.4, 0.5) is 5.69 Å². The number of amides is 1. The predicted octanol–water partition coefficient (Wildman–Crippen LogP) is 3.47. The number of rotatable bonds is 4. The van der Waals surface area contributed by atoms with Crippen molar-refractivity contribution in [2.24, 2.45) is 0 Å². The molecule has 0 saturated carbocycles. The Morgan fingerprint density at radius 2 is 1.83 bits per heavy atom. The van der Waals surface area contributed by atoms with Crippen molar-refractivity contribution in [1.82, 2.24) is 0 Å². The van der Waals surface area contributed by atoms with Crippen LogP contribution in [0.15, 0.2) is 42.5 Å². The fraction of sp³-hybridized carbons (Fsp3) is 0.235. The Morgan fingerprint density at radius 1 is 1.09 bits per heavy atom. The van der Waals surface area contributed by atoms with Crippen molar-refractivity contribution in [2.45, 2.75) is 6.42 Å². The first-order chi connectivity index (χ1) is 11.2. The molecule has 0 fully saturated rings. The Labute approximate surface area is 148 Å². The molecule has 0 aromatic heterocycles. The number of anilines is 1. The summed E-state index contributed by atoms with van der Waals surface area (Å²) in [6, 6.07) is 12.9. The number of carbonyl (C=O) groups is 1. The Balaban J connectivity index is 1.57. The topological polar surface area (TPSA) is 56.8 Å². The van der Waals surface area contributed by atoms with Gasteiger partial charge in [-0.05, 0) is 59.0 Å². The molecular formula is C17H16INO4. The zero-order valence-corrected chi connectivity index (χ0v) is 14.5. The highest BCUT2D eigenvalue weighted by Crippen LogP contribution is 2.32. The molecule has 23 heavy (non-hydrogen) atoms. The second-order valence-corrected chi connectivity index (χ2v) is 6.25. The molecule has 1 aliphatic heterocycles. The average molecular weight is 425 g/mol. The van der Waals surface area contributed by atoms with Crippen molar-refractivity contribution in [1.29, 1.82) is 0 Å². The van der Waals surface area contributed by atoms with Crippen LogP contribution in [-0.4, -0.2) is 25.7 Å². The zero-order chi connectivity index (χ0) is 16.1. The number of benzene rings is 2. The van der Waals surface area contributed by atoms with Gasteiger partial charge in [0.2, 0.25) is 0 Å². The highest BCUT2D eigenvalue weighted by atomic mass is 127. The molecule has 0 radical (unpaired) electrons. The fourth-order valence-electron chi connectivity index (χ4n) is 2.12. The van der Waals surface area contributed by atoms with Crippen LogP contribution in [0.2, 0.25) is 0 Å². The van der Waals surface area contributed by atoms with Gasteiger partial charge in [-0.1, -0.05) is 0 Å². The number of ether oxygens (including phenoxy) is 3. The van der Waals surface area contributed by atoms with E-state index in [1.807, 2.05) is 24.3 Å². The highest BCUT2D eigenvalue weighted by molar-refractivity contribution is 14.1. The fourth-order valence-corrected chi connectivity index (χ4v) is 2.48. The maximum atomic E-state index is 12.0. The van der Waals surface area contributed by atoms with Gasteiger partial charge in [-0.2, -0.15) is 0 Å². The monoisotopic (exact) mass is 425 g/mol. The molecule has 1 aliphatic rings. The minimum absolute atomic E-state index is 0.0466. The van der Waals surface area contributed by atoms with Crippen molar-refractivity contribution < 1.29 is 19.0 Å². The van der Waals surface area contributed by atoms with E-state index in [-0.39, 0.29) is 12.5 Å². The van der Waals surface area contributed by atoms with E-state index in [1.54, 1.807) is 18.2 Å². The van der Waals surface area contributed by atoms with E-state index in [0.29, 0.717) is 36.1 Å². The van der Waals surface area contributed by atoms with E-state index in [9.17, 15) is 4.79 Å². The number of nitrogens with one attached hydrogen (secondary N) is 1. The standard InChI is InChI=1S/C17H16INO4/c18-12-2-5-14(6-3-12)23-11-17(20)19-13-4-7-15-16(10-13)22-9-1-8-21-15/h2-7,10H,1,8-9,11H2,(H,19,20). The van der Waals surface area contributed by atoms with Gasteiger partial charge in [-0.3, -0.25) is 4.79 Å². The van der Waals surface area contributed by atoms with E-state index in [4.69, 9.17) is 14.2 Å². The van der Waals surface area contributed by atoms with Gasteiger partial charge in [0.1, 0.15) is 5.75 Å². The summed E-state index contributed by atoms with van der Waals surface area (Å²) in [5, 5.41) is 2.79. The molecule has 6 heteroatoms. The Kier molecular flexibility index (Phi) is 5.22. The van der Waals surface area contributed by atoms with Gasteiger partial charge in [0, 0.05) is 21.7 Å². The lowest BCUT2D eigenvalue weighted by atomic mass is 10.2. The van der Waals surface area contributed by atoms with Gasteiger partial charge in [0.15, 0.2) is 18.1 Å². The lowest BCUT2D eigenvalue weighted by molar-refractivity contribution is -0.118. The first kappa shape index (κ1) is 15.9. The van der Waals surface area contributed by atoms with E-state index < -0.39 is 0 Å². The molecule has 0 unspecified atom stereocenters. The van der Waals surface area contributed by atoms with Crippen molar-refractivity contribution >= 4 is 34.2 Å². The van der Waals surface area contributed by atoms with Gasteiger partial charge in [0.25, 0.3) is 5.91 Å². The summed E-state index contributed by atoms with van der Waals surface area (Å²) < 4.78 is 17.7. The van der Waals surface area contributed by atoms with Crippen LogP contribution in [0.25, 0.3) is 0 Å². The first-order valence-electron chi connectivity index (χ1n) is 7.28. The molecule has 1 amide bonds. The van der Waals surface area contributed by atoms with Crippen LogP contribution in [0.1, 0.15) is 6.42 Å². The van der Waals surface area contributed by atoms with Gasteiger partial charge in [-0.15, -0.1) is 0 Å². The van der Waals surface area contributed by atoms with Gasteiger partial charge < -0.3 is 19.5 Å². The van der Waals surface area contributed by atoms with Gasteiger partial charge in [0.05, 0.1) is 13.2 Å². The third-order valence-corrected chi connectivity index (χ3v) is 3.93. The molecule has 120 valence electrons. The second-order valence-electron chi connectivity index (χ2n) is 5.00. The number of hydrogen-bond acceptors (Lipinski definition) is 4. The third-order valence-electron chi connectivity index (χ3n) is 3.21. The average Bonchev–Trinajstić information content (AvgIpc) is 2.79. The maximum Gasteiger partial charge on any atom is 0.262 e. The smallest absolute Gasteiger partial charge is 0.262 e. The zero-order valence-electron chi connectivity index (χ0n) is 12.4. The summed E-state index contributed by atoms with van der Waals surface area (Å²) in [6.45, 7) is 1.21. The van der Waals surface area contributed by atoms with Crippen LogP contribution < -0.4 is 19.5 Å². The predicted molar refractivity (Wildman–Crippen MR) is 95.3 cm³/mol. The molecule has 0 atom stereocenters. The van der Waals surface area contributed by atoms with Crippen molar-refractivity contribution in [3.05, 3.63) is 46.0 Å². The minimum Gasteiger partial charge on any atom is -0.490 e. The minimum atomic E-state index is -0.224. The number of carbonyl (C=O) groups excluding carboxylic acids is 1. The van der Waals surface area contributed by atoms with Gasteiger partial charge >= 0.3 is 0 Å². The Hall–Kier alpha value is -1.96. The summed E-state index contributed by atoms with van der Waals surface area (Å²) in [6.07, 6.45) is 0.847. The van der Waals surface area contributed by atoms with Crippen molar-refractivity contribution in [3.63, 3.8) is 0 Å². The molecule has 0 aliphatic carbocycles. The lowest BCUT2D eigenvalue weighted by Gasteiger charge is -2.11. The molecule has 0 spiro atoms. The van der Waals surface area contributed by atoms with Crippen LogP contribution in [0.3, 0.4) is 0 Å². The summed E-state index contributed by atoms with van der Waals surface area (Å²) in [7, 11) is 0. The Morgan fingerprint density at radius 3 is 2.61 bits per heavy atom. The summed E-state index contributed by atoms with van der Waals surface area (Å²) in [5.74, 6) is 1.80. The molecule has 0 bridgehead atoms. The molecular weight excluding hydrogens is 409 g/mol. The summed E-state index contributed by atoms with van der Waals surface area (Å²) >= 11 is 2.22. The molecule has 5 nitrogen and oxygen atoms in total. The van der Waals surface area contributed by atoms with Crippen LogP contribution in [-0.2, 0) is 4.79 Å². The first-order valence-corrected chi connectivity index (χ1v) is 8.36. The number of hydrogen-bond donors (Lipinski definition) is 1. The van der Waals surface area contributed by atoms with Crippen molar-refractivity contribution in [2.75, 3.05) is 25.1 Å². The third kappa shape index (κ3) is 4.51. The Bertz CT molecular complexity index is 687. The lowest BCUT2D eigenvalue weighted by Crippen LogP contribution is -2.20. The molecule has 0 saturated heterocycles. The van der Waals surface area contributed by atoms with Crippen LogP contribution in [0, 0.1) is 3.57 Å². The van der Waals surface area contributed by atoms with E-state index in [0.717, 1.165) is 9.99 Å². The quantitative estimate of drug-likeness (QED) is 0.763. The molecule has 2 aromatic rings. The largest absolute Gasteiger partial charge is 0.490 e. The van der Waals surface area contributed by atoms with E-state index >= 15 is 0 Å². The maximum absolute atomic E-state index is 12.0. The van der Waals surface area contributed by atoms with Crippen LogP contribution in [0.5, 0.6) is 17.2 Å². The summed E-state index contributed by atoms with van der Waals surface area (Å²) in [4.78, 5) is 12.0. The van der Waals surface area contributed by atoms with Gasteiger partial charge in [-0.25, -0.2) is 0 Å². The summed E-state index contributed by atoms with van der Waals surface area (Å²) in [5.41, 5.74) is 0.658. The normalized spacial score (nSPS) is 13.1. The molecule has 1 N–H and O–H groups in total. The highest BCUT2D eigenvalue weighted by Gasteiger charge is 2.12. The van der Waals surface area contributed by atoms with E-state index in [1.165, 1.54) is 0 Å². The molecule has 2 aromatic carbocycles. The van der Waals surface area contributed by atoms with Crippen LogP contribution >= 0.6 is 22.6 Å². The SMILES string of the molecule is O=C(COc1ccc(I)cc1)Nc1ccc2c(c1)OCCCO2. The second kappa shape index (κ2) is 7.54. The van der Waals surface area contributed by atoms with Crippen molar-refractivity contribution in [3.8, 4) is 17.2 Å².